The SMILES string of the molecule is Cc1ccc(-c2csc3ncc(CC(=O)O)n23)c(C)c1. The van der Waals surface area contributed by atoms with E-state index in [0.717, 1.165) is 16.2 Å². The molecule has 1 N–H and O–H groups in total. The van der Waals surface area contributed by atoms with Gasteiger partial charge in [-0.1, -0.05) is 23.8 Å². The third kappa shape index (κ3) is 2.10. The molecule has 1 aromatic carbocycles. The maximum atomic E-state index is 11.0. The Morgan fingerprint density at radius 3 is 2.90 bits per heavy atom. The third-order valence-corrected chi connectivity index (χ3v) is 4.15. The quantitative estimate of drug-likeness (QED) is 0.803. The lowest BCUT2D eigenvalue weighted by Gasteiger charge is -2.07. The van der Waals surface area contributed by atoms with E-state index in [1.165, 1.54) is 22.5 Å². The zero-order valence-corrected chi connectivity index (χ0v) is 12.1. The van der Waals surface area contributed by atoms with E-state index >= 15 is 0 Å². The van der Waals surface area contributed by atoms with Crippen LogP contribution in [0.3, 0.4) is 0 Å². The molecule has 102 valence electrons. The Hall–Kier alpha value is -2.14. The Morgan fingerprint density at radius 1 is 1.40 bits per heavy atom. The first-order valence-electron chi connectivity index (χ1n) is 6.29. The highest BCUT2D eigenvalue weighted by atomic mass is 32.1. The fraction of sp³-hybridized carbons (Fsp3) is 0.200. The van der Waals surface area contributed by atoms with Crippen molar-refractivity contribution < 1.29 is 9.90 Å². The summed E-state index contributed by atoms with van der Waals surface area (Å²) in [6, 6.07) is 6.28. The minimum absolute atomic E-state index is 0.0180. The lowest BCUT2D eigenvalue weighted by molar-refractivity contribution is -0.136. The fourth-order valence-corrected chi connectivity index (χ4v) is 3.32. The van der Waals surface area contributed by atoms with Gasteiger partial charge in [0.25, 0.3) is 0 Å². The van der Waals surface area contributed by atoms with Crippen molar-refractivity contribution in [2.45, 2.75) is 20.3 Å². The number of aliphatic carboxylic acids is 1. The van der Waals surface area contributed by atoms with E-state index in [2.05, 4.69) is 37.0 Å². The maximum absolute atomic E-state index is 11.0. The number of hydrogen-bond acceptors (Lipinski definition) is 3. The summed E-state index contributed by atoms with van der Waals surface area (Å²) in [6.45, 7) is 4.13. The summed E-state index contributed by atoms with van der Waals surface area (Å²) in [4.78, 5) is 16.1. The molecule has 0 spiro atoms. The van der Waals surface area contributed by atoms with Crippen molar-refractivity contribution in [1.82, 2.24) is 9.38 Å². The summed E-state index contributed by atoms with van der Waals surface area (Å²) in [6.07, 6.45) is 1.63. The van der Waals surface area contributed by atoms with E-state index in [1.807, 2.05) is 9.78 Å². The minimum Gasteiger partial charge on any atom is -0.481 e. The normalized spacial score (nSPS) is 11.1. The van der Waals surface area contributed by atoms with Crippen LogP contribution in [0.1, 0.15) is 16.8 Å². The van der Waals surface area contributed by atoms with Crippen LogP contribution in [0.15, 0.2) is 29.8 Å². The van der Waals surface area contributed by atoms with Crippen molar-refractivity contribution in [3.05, 3.63) is 46.6 Å². The Balaban J connectivity index is 2.20. The number of aryl methyl sites for hydroxylation is 2. The van der Waals surface area contributed by atoms with Crippen molar-refractivity contribution >= 4 is 22.3 Å². The molecule has 3 aromatic rings. The first kappa shape index (κ1) is 12.9. The van der Waals surface area contributed by atoms with Crippen LogP contribution in [0.25, 0.3) is 16.2 Å². The molecule has 2 heterocycles. The first-order chi connectivity index (χ1) is 9.56. The highest BCUT2D eigenvalue weighted by Gasteiger charge is 2.15. The molecule has 5 heteroatoms. The van der Waals surface area contributed by atoms with Crippen molar-refractivity contribution in [2.24, 2.45) is 0 Å². The molecule has 0 unspecified atom stereocenters. The summed E-state index contributed by atoms with van der Waals surface area (Å²) >= 11 is 1.53. The zero-order chi connectivity index (χ0) is 14.3. The largest absolute Gasteiger partial charge is 0.481 e. The van der Waals surface area contributed by atoms with Crippen LogP contribution in [0.5, 0.6) is 0 Å². The summed E-state index contributed by atoms with van der Waals surface area (Å²) in [5.41, 5.74) is 5.24. The number of carbonyl (C=O) groups is 1. The van der Waals surface area contributed by atoms with E-state index in [4.69, 9.17) is 5.11 Å². The van der Waals surface area contributed by atoms with E-state index in [0.29, 0.717) is 5.69 Å². The monoisotopic (exact) mass is 286 g/mol. The number of hydrogen-bond donors (Lipinski definition) is 1. The van der Waals surface area contributed by atoms with Gasteiger partial charge in [-0.3, -0.25) is 9.20 Å². The smallest absolute Gasteiger partial charge is 0.309 e. The van der Waals surface area contributed by atoms with Crippen LogP contribution < -0.4 is 0 Å². The minimum atomic E-state index is -0.843. The van der Waals surface area contributed by atoms with Gasteiger partial charge in [0.05, 0.1) is 24.0 Å². The topological polar surface area (TPSA) is 54.6 Å². The molecule has 0 aliphatic heterocycles. The highest BCUT2D eigenvalue weighted by molar-refractivity contribution is 7.15. The Kier molecular flexibility index (Phi) is 3.06. The molecular formula is C15H14N2O2S. The average molecular weight is 286 g/mol. The van der Waals surface area contributed by atoms with Crippen molar-refractivity contribution in [1.29, 1.82) is 0 Å². The fourth-order valence-electron chi connectivity index (χ4n) is 2.43. The van der Waals surface area contributed by atoms with E-state index < -0.39 is 5.97 Å². The van der Waals surface area contributed by atoms with Gasteiger partial charge in [-0.25, -0.2) is 4.98 Å². The Labute approximate surface area is 120 Å². The van der Waals surface area contributed by atoms with Crippen LogP contribution in [-0.2, 0) is 11.2 Å². The Morgan fingerprint density at radius 2 is 2.20 bits per heavy atom. The van der Waals surface area contributed by atoms with Crippen LogP contribution in [0.4, 0.5) is 0 Å². The summed E-state index contributed by atoms with van der Waals surface area (Å²) < 4.78 is 1.94. The van der Waals surface area contributed by atoms with Gasteiger partial charge in [0.2, 0.25) is 0 Å². The standard InChI is InChI=1S/C15H14N2O2S/c1-9-3-4-12(10(2)5-9)13-8-20-15-16-7-11(17(13)15)6-14(18)19/h3-5,7-8H,6H2,1-2H3,(H,18,19). The van der Waals surface area contributed by atoms with Crippen LogP contribution in [-0.4, -0.2) is 20.5 Å². The van der Waals surface area contributed by atoms with Crippen molar-refractivity contribution in [2.75, 3.05) is 0 Å². The van der Waals surface area contributed by atoms with Gasteiger partial charge in [-0.15, -0.1) is 11.3 Å². The van der Waals surface area contributed by atoms with Gasteiger partial charge in [0.15, 0.2) is 4.96 Å². The number of fused-ring (bicyclic) bond motifs is 1. The van der Waals surface area contributed by atoms with E-state index in [9.17, 15) is 4.79 Å². The number of carboxylic acid groups (broad SMARTS) is 1. The van der Waals surface area contributed by atoms with Crippen molar-refractivity contribution in [3.8, 4) is 11.3 Å². The molecule has 0 amide bonds. The molecule has 0 radical (unpaired) electrons. The molecule has 4 nitrogen and oxygen atoms in total. The summed E-state index contributed by atoms with van der Waals surface area (Å²) in [5, 5.41) is 11.0. The molecule has 0 saturated heterocycles. The zero-order valence-electron chi connectivity index (χ0n) is 11.3. The second-order valence-corrected chi connectivity index (χ2v) is 5.71. The predicted octanol–water partition coefficient (Wildman–Crippen LogP) is 3.31. The molecule has 0 bridgehead atoms. The molecule has 2 aromatic heterocycles. The van der Waals surface area contributed by atoms with Gasteiger partial charge in [-0.2, -0.15) is 0 Å². The molecule has 3 rings (SSSR count). The lowest BCUT2D eigenvalue weighted by atomic mass is 10.0. The highest BCUT2D eigenvalue weighted by Crippen LogP contribution is 2.30. The average Bonchev–Trinajstić information content (AvgIpc) is 2.92. The van der Waals surface area contributed by atoms with Crippen molar-refractivity contribution in [3.63, 3.8) is 0 Å². The molecule has 0 atom stereocenters. The second kappa shape index (κ2) is 4.76. The second-order valence-electron chi connectivity index (χ2n) is 4.88. The first-order valence-corrected chi connectivity index (χ1v) is 7.17. The summed E-state index contributed by atoms with van der Waals surface area (Å²) in [7, 11) is 0. The number of thiazole rings is 1. The molecule has 0 fully saturated rings. The maximum Gasteiger partial charge on any atom is 0.309 e. The molecule has 20 heavy (non-hydrogen) atoms. The number of rotatable bonds is 3. The molecule has 0 saturated carbocycles. The van der Waals surface area contributed by atoms with E-state index in [-0.39, 0.29) is 6.42 Å². The number of carboxylic acids is 1. The Bertz CT molecular complexity index is 801. The number of benzene rings is 1. The number of imidazole rings is 1. The number of aromatic nitrogens is 2. The molecule has 0 aliphatic carbocycles. The van der Waals surface area contributed by atoms with Crippen LogP contribution in [0.2, 0.25) is 0 Å². The van der Waals surface area contributed by atoms with Gasteiger partial charge in [0.1, 0.15) is 0 Å². The van der Waals surface area contributed by atoms with Gasteiger partial charge >= 0.3 is 5.97 Å². The van der Waals surface area contributed by atoms with Gasteiger partial charge < -0.3 is 5.11 Å². The lowest BCUT2D eigenvalue weighted by Crippen LogP contribution is -2.03. The predicted molar refractivity (Wildman–Crippen MR) is 79.3 cm³/mol. The van der Waals surface area contributed by atoms with Crippen LogP contribution >= 0.6 is 11.3 Å². The molecule has 0 aliphatic rings. The van der Waals surface area contributed by atoms with Gasteiger partial charge in [-0.05, 0) is 19.4 Å². The van der Waals surface area contributed by atoms with E-state index in [1.54, 1.807) is 6.20 Å². The summed E-state index contributed by atoms with van der Waals surface area (Å²) in [5.74, 6) is -0.843. The third-order valence-electron chi connectivity index (χ3n) is 3.31. The van der Waals surface area contributed by atoms with Gasteiger partial charge in [0, 0.05) is 10.9 Å². The molecular weight excluding hydrogens is 272 g/mol. The number of nitrogens with zero attached hydrogens (tertiary/aromatic N) is 2. The van der Waals surface area contributed by atoms with Crippen LogP contribution in [0, 0.1) is 13.8 Å².